The fraction of sp³-hybridized carbons (Fsp3) is 0.100. The Kier molecular flexibility index (Phi) is 14.0. The Morgan fingerprint density at radius 1 is 0.493 bits per heavy atom. The SMILES string of the molecule is C=C(/C(C)=C(\N=C(/C)c1cc2c3ccccc3c3ccccc3c2cc1-c1ccc2c(c1)c1ccccc1n2-c1ccccc1)O/C(C)=C/C(=C\CC)c1ccccc1)c1ccc(-c2ccccc2)cc1.CC. The molecule has 0 spiro atoms. The Bertz CT molecular complexity index is 3940. The summed E-state index contributed by atoms with van der Waals surface area (Å²) >= 11 is 0. The van der Waals surface area contributed by atoms with E-state index in [0.29, 0.717) is 5.88 Å². The largest absolute Gasteiger partial charge is 0.443 e. The van der Waals surface area contributed by atoms with Crippen molar-refractivity contribution in [2.45, 2.75) is 48.0 Å². The van der Waals surface area contributed by atoms with Crippen LogP contribution < -0.4 is 0 Å². The second-order valence-corrected chi connectivity index (χ2v) is 18.3. The minimum atomic E-state index is 0.494. The van der Waals surface area contributed by atoms with Crippen LogP contribution in [-0.4, -0.2) is 10.3 Å². The Morgan fingerprint density at radius 2 is 1.00 bits per heavy atom. The van der Waals surface area contributed by atoms with E-state index < -0.39 is 0 Å². The first kappa shape index (κ1) is 47.9. The number of hydrogen-bond donors (Lipinski definition) is 0. The van der Waals surface area contributed by atoms with E-state index in [9.17, 15) is 0 Å². The molecule has 0 atom stereocenters. The van der Waals surface area contributed by atoms with Gasteiger partial charge >= 0.3 is 0 Å². The highest BCUT2D eigenvalue weighted by Gasteiger charge is 2.20. The average Bonchev–Trinajstić information content (AvgIpc) is 3.79. The van der Waals surface area contributed by atoms with Crippen molar-refractivity contribution < 1.29 is 4.74 Å². The van der Waals surface area contributed by atoms with Crippen LogP contribution in [0.4, 0.5) is 0 Å². The lowest BCUT2D eigenvalue weighted by atomic mass is 9.88. The molecule has 3 heteroatoms. The zero-order valence-electron chi connectivity index (χ0n) is 42.7. The van der Waals surface area contributed by atoms with Gasteiger partial charge in [0.05, 0.1) is 11.0 Å². The van der Waals surface area contributed by atoms with Crippen molar-refractivity contribution in [1.82, 2.24) is 4.57 Å². The van der Waals surface area contributed by atoms with Crippen LogP contribution in [0.1, 0.15) is 64.7 Å². The predicted molar refractivity (Wildman–Crippen MR) is 315 cm³/mol. The molecule has 0 aliphatic rings. The second-order valence-electron chi connectivity index (χ2n) is 18.3. The molecular formula is C70H60N2O. The van der Waals surface area contributed by atoms with Crippen LogP contribution in [0, 0.1) is 0 Å². The second kappa shape index (κ2) is 21.3. The molecule has 0 radical (unpaired) electrons. The van der Waals surface area contributed by atoms with E-state index in [0.717, 1.165) is 79.2 Å². The zero-order chi connectivity index (χ0) is 50.4. The number of hydrogen-bond acceptors (Lipinski definition) is 2. The number of nitrogens with zero attached hydrogens (tertiary/aromatic N) is 2. The number of aromatic nitrogens is 1. The van der Waals surface area contributed by atoms with Gasteiger partial charge in [0, 0.05) is 33.3 Å². The van der Waals surface area contributed by atoms with Crippen molar-refractivity contribution in [3.63, 3.8) is 0 Å². The summed E-state index contributed by atoms with van der Waals surface area (Å²) in [5.74, 6) is 1.22. The Hall–Kier alpha value is -8.79. The number of ether oxygens (including phenoxy) is 1. The summed E-state index contributed by atoms with van der Waals surface area (Å²) in [7, 11) is 0. The van der Waals surface area contributed by atoms with Gasteiger partial charge in [-0.1, -0.05) is 209 Å². The van der Waals surface area contributed by atoms with Gasteiger partial charge in [-0.2, -0.15) is 0 Å². The molecule has 0 aliphatic carbocycles. The van der Waals surface area contributed by atoms with E-state index >= 15 is 0 Å². The van der Waals surface area contributed by atoms with Crippen molar-refractivity contribution in [1.29, 1.82) is 0 Å². The van der Waals surface area contributed by atoms with E-state index in [1.54, 1.807) is 0 Å². The molecule has 11 aromatic rings. The van der Waals surface area contributed by atoms with Crippen LogP contribution >= 0.6 is 0 Å². The summed E-state index contributed by atoms with van der Waals surface area (Å²) in [6.07, 6.45) is 5.24. The first-order valence-electron chi connectivity index (χ1n) is 25.5. The van der Waals surface area contributed by atoms with Gasteiger partial charge in [-0.15, -0.1) is 0 Å². The maximum Gasteiger partial charge on any atom is 0.222 e. The lowest BCUT2D eigenvalue weighted by Crippen LogP contribution is -2.03. The smallest absolute Gasteiger partial charge is 0.222 e. The van der Waals surface area contributed by atoms with Crippen LogP contribution in [0.15, 0.2) is 259 Å². The first-order valence-corrected chi connectivity index (χ1v) is 25.5. The molecule has 0 amide bonds. The van der Waals surface area contributed by atoms with Gasteiger partial charge in [0.1, 0.15) is 5.76 Å². The maximum absolute atomic E-state index is 7.00. The van der Waals surface area contributed by atoms with Gasteiger partial charge < -0.3 is 9.30 Å². The molecule has 73 heavy (non-hydrogen) atoms. The molecule has 0 aliphatic heterocycles. The minimum absolute atomic E-state index is 0.494. The summed E-state index contributed by atoms with van der Waals surface area (Å²) < 4.78 is 9.37. The quantitative estimate of drug-likeness (QED) is 0.0519. The number of allylic oxidation sites excluding steroid dienone is 6. The van der Waals surface area contributed by atoms with Crippen molar-refractivity contribution in [3.05, 3.63) is 271 Å². The molecule has 1 aromatic heterocycles. The number of fused-ring (bicyclic) bond motifs is 9. The normalized spacial score (nSPS) is 12.5. The lowest BCUT2D eigenvalue weighted by molar-refractivity contribution is 0.301. The molecule has 1 heterocycles. The van der Waals surface area contributed by atoms with E-state index in [-0.39, 0.29) is 0 Å². The van der Waals surface area contributed by atoms with Crippen LogP contribution in [0.5, 0.6) is 0 Å². The van der Waals surface area contributed by atoms with Gasteiger partial charge in [0.15, 0.2) is 0 Å². The fourth-order valence-corrected chi connectivity index (χ4v) is 10.2. The number of para-hydroxylation sites is 2. The molecule has 0 N–H and O–H groups in total. The fourth-order valence-electron chi connectivity index (χ4n) is 10.2. The van der Waals surface area contributed by atoms with Crippen LogP contribution in [0.3, 0.4) is 0 Å². The molecule has 0 saturated heterocycles. The molecule has 3 nitrogen and oxygen atoms in total. The van der Waals surface area contributed by atoms with Crippen LogP contribution in [0.2, 0.25) is 0 Å². The predicted octanol–water partition coefficient (Wildman–Crippen LogP) is 19.8. The maximum atomic E-state index is 7.00. The van der Waals surface area contributed by atoms with E-state index in [1.165, 1.54) is 54.2 Å². The highest BCUT2D eigenvalue weighted by atomic mass is 16.5. The number of benzene rings is 10. The van der Waals surface area contributed by atoms with E-state index in [4.69, 9.17) is 9.73 Å². The molecule has 0 saturated carbocycles. The van der Waals surface area contributed by atoms with Crippen molar-refractivity contribution in [3.8, 4) is 27.9 Å². The van der Waals surface area contributed by atoms with Crippen LogP contribution in [-0.2, 0) is 4.74 Å². The third-order valence-corrected chi connectivity index (χ3v) is 13.8. The van der Waals surface area contributed by atoms with E-state index in [2.05, 4.69) is 250 Å². The van der Waals surface area contributed by atoms with Crippen molar-refractivity contribution in [2.24, 2.45) is 4.99 Å². The zero-order valence-corrected chi connectivity index (χ0v) is 42.7. The molecular weight excluding hydrogens is 885 g/mol. The lowest BCUT2D eigenvalue weighted by Gasteiger charge is -2.18. The average molecular weight is 945 g/mol. The first-order chi connectivity index (χ1) is 35.8. The summed E-state index contributed by atoms with van der Waals surface area (Å²) in [6.45, 7) is 17.0. The highest BCUT2D eigenvalue weighted by Crippen LogP contribution is 2.42. The molecule has 0 unspecified atom stereocenters. The topological polar surface area (TPSA) is 26.5 Å². The van der Waals surface area contributed by atoms with Gasteiger partial charge in [-0.25, -0.2) is 4.99 Å². The standard InChI is InChI=1S/C68H54N2O.C2H6/c1-6-22-53(51-25-12-8-13-26-51)41-45(2)71-68(47(4)46(3)49-35-37-52(38-36-49)50-23-10-7-11-24-50)69-48(5)61-43-63-58-31-18-16-29-56(58)57-30-17-19-32-59(57)64(63)44-62(61)54-39-40-67-65(42-54)60-33-20-21-34-66(60)70(67)55-27-14-9-15-28-55;1-2/h7-44H,3,6H2,1-2,4-5H3;1-2H3/b45-41+,53-22+,68-47+,69-48+;. The number of rotatable bonds is 12. The Morgan fingerprint density at radius 3 is 1.63 bits per heavy atom. The summed E-state index contributed by atoms with van der Waals surface area (Å²) in [5, 5.41) is 9.65. The van der Waals surface area contributed by atoms with Crippen LogP contribution in [0.25, 0.3) is 93.2 Å². The van der Waals surface area contributed by atoms with Gasteiger partial charge in [0.25, 0.3) is 0 Å². The molecule has 11 rings (SSSR count). The summed E-state index contributed by atoms with van der Waals surface area (Å²) in [5.41, 5.74) is 14.7. The Labute approximate surface area is 430 Å². The molecule has 0 fully saturated rings. The number of aliphatic imine (C=N–C) groups is 1. The summed E-state index contributed by atoms with van der Waals surface area (Å²) in [4.78, 5) is 5.56. The highest BCUT2D eigenvalue weighted by molar-refractivity contribution is 6.27. The van der Waals surface area contributed by atoms with E-state index in [1.807, 2.05) is 32.9 Å². The van der Waals surface area contributed by atoms with Gasteiger partial charge in [-0.05, 0) is 153 Å². The van der Waals surface area contributed by atoms with Crippen molar-refractivity contribution >= 4 is 71.0 Å². The summed E-state index contributed by atoms with van der Waals surface area (Å²) in [6, 6.07) is 78.2. The monoisotopic (exact) mass is 944 g/mol. The molecule has 0 bridgehead atoms. The Balaban J connectivity index is 0.00000302. The van der Waals surface area contributed by atoms with Crippen molar-refractivity contribution in [2.75, 3.05) is 0 Å². The third kappa shape index (κ3) is 9.46. The third-order valence-electron chi connectivity index (χ3n) is 13.8. The molecule has 10 aromatic carbocycles. The molecule has 356 valence electrons. The van der Waals surface area contributed by atoms with Gasteiger partial charge in [-0.3, -0.25) is 0 Å². The van der Waals surface area contributed by atoms with Gasteiger partial charge in [0.2, 0.25) is 5.88 Å². The minimum Gasteiger partial charge on any atom is -0.443 e.